The fourth-order valence-corrected chi connectivity index (χ4v) is 3.47. The maximum absolute atomic E-state index is 11.8. The molecule has 2 unspecified atom stereocenters. The number of hydrogen-bond donors (Lipinski definition) is 2. The molecule has 2 aliphatic rings. The molecule has 2 aromatic carbocycles. The van der Waals surface area contributed by atoms with E-state index in [1.165, 1.54) is 0 Å². The third-order valence-electron chi connectivity index (χ3n) is 4.53. The molecule has 2 atom stereocenters. The predicted octanol–water partition coefficient (Wildman–Crippen LogP) is 2.38. The van der Waals surface area contributed by atoms with Crippen molar-refractivity contribution < 1.29 is 4.92 Å². The summed E-state index contributed by atoms with van der Waals surface area (Å²) in [6, 6.07) is 19.2. The lowest BCUT2D eigenvalue weighted by Gasteiger charge is -2.38. The van der Waals surface area contributed by atoms with Gasteiger partial charge >= 0.3 is 5.70 Å². The number of nitrogens with one attached hydrogen (secondary N) is 2. The molecule has 2 aromatic rings. The van der Waals surface area contributed by atoms with Gasteiger partial charge in [-0.1, -0.05) is 60.7 Å². The molecule has 2 aliphatic heterocycles. The van der Waals surface area contributed by atoms with Gasteiger partial charge in [-0.15, -0.1) is 0 Å². The summed E-state index contributed by atoms with van der Waals surface area (Å²) in [5.41, 5.74) is 2.18. The van der Waals surface area contributed by atoms with Gasteiger partial charge in [0.15, 0.2) is 5.82 Å². The van der Waals surface area contributed by atoms with Crippen LogP contribution in [-0.2, 0) is 0 Å². The quantitative estimate of drug-likeness (QED) is 0.671. The first-order chi connectivity index (χ1) is 11.8. The Labute approximate surface area is 139 Å². The number of rotatable bonds is 3. The molecule has 2 N–H and O–H groups in total. The van der Waals surface area contributed by atoms with E-state index < -0.39 is 6.04 Å². The van der Waals surface area contributed by atoms with Crippen molar-refractivity contribution in [2.45, 2.75) is 12.2 Å². The van der Waals surface area contributed by atoms with Crippen LogP contribution in [0.4, 0.5) is 0 Å². The summed E-state index contributed by atoms with van der Waals surface area (Å²) in [4.78, 5) is 13.5. The highest BCUT2D eigenvalue weighted by atomic mass is 16.6. The second-order valence-electron chi connectivity index (χ2n) is 5.93. The van der Waals surface area contributed by atoms with Crippen LogP contribution in [0, 0.1) is 10.1 Å². The number of nitro groups is 1. The van der Waals surface area contributed by atoms with Crippen LogP contribution in [0.1, 0.15) is 23.3 Å². The van der Waals surface area contributed by atoms with Crippen LogP contribution in [-0.4, -0.2) is 22.9 Å². The molecule has 0 radical (unpaired) electrons. The van der Waals surface area contributed by atoms with Crippen molar-refractivity contribution in [3.63, 3.8) is 0 Å². The summed E-state index contributed by atoms with van der Waals surface area (Å²) in [6.45, 7) is 1.44. The molecule has 1 fully saturated rings. The first-order valence-corrected chi connectivity index (χ1v) is 8.01. The van der Waals surface area contributed by atoms with Crippen LogP contribution in [0.2, 0.25) is 0 Å². The van der Waals surface area contributed by atoms with Crippen molar-refractivity contribution in [3.8, 4) is 0 Å². The van der Waals surface area contributed by atoms with Gasteiger partial charge in [0.25, 0.3) is 0 Å². The van der Waals surface area contributed by atoms with E-state index >= 15 is 0 Å². The lowest BCUT2D eigenvalue weighted by molar-refractivity contribution is -0.435. The van der Waals surface area contributed by atoms with E-state index in [0.717, 1.165) is 17.7 Å². The Balaban J connectivity index is 1.83. The highest BCUT2D eigenvalue weighted by Crippen LogP contribution is 2.37. The van der Waals surface area contributed by atoms with Gasteiger partial charge in [0.2, 0.25) is 0 Å². The average molecular weight is 322 g/mol. The summed E-state index contributed by atoms with van der Waals surface area (Å²) in [5.74, 6) is 0.626. The molecular weight excluding hydrogens is 304 g/mol. The summed E-state index contributed by atoms with van der Waals surface area (Å²) in [7, 11) is 0. The molecule has 6 heteroatoms. The third-order valence-corrected chi connectivity index (χ3v) is 4.53. The molecule has 0 spiro atoms. The molecule has 1 saturated heterocycles. The van der Waals surface area contributed by atoms with Crippen molar-refractivity contribution >= 4 is 0 Å². The van der Waals surface area contributed by atoms with E-state index in [4.69, 9.17) is 0 Å². The minimum Gasteiger partial charge on any atom is -0.364 e. The maximum atomic E-state index is 11.8. The van der Waals surface area contributed by atoms with Crippen molar-refractivity contribution in [2.75, 3.05) is 13.1 Å². The molecule has 0 amide bonds. The highest BCUT2D eigenvalue weighted by molar-refractivity contribution is 5.33. The van der Waals surface area contributed by atoms with Crippen LogP contribution in [0.25, 0.3) is 0 Å². The summed E-state index contributed by atoms with van der Waals surface area (Å²) in [5, 5.41) is 18.5. The molecule has 0 aliphatic carbocycles. The number of hydrogen-bond acceptors (Lipinski definition) is 5. The zero-order valence-corrected chi connectivity index (χ0v) is 13.1. The SMILES string of the molecule is O=[N+]([O-])C1=C2NCCN2C(c2ccccc2)NC1c1ccccc1. The standard InChI is InChI=1S/C18H18N4O2/c23-22(24)16-15(13-7-3-1-4-8-13)20-17(14-9-5-2-6-10-14)21-12-11-19-18(16)21/h1-10,15,17,19-20H,11-12H2. The maximum Gasteiger partial charge on any atom is 0.307 e. The largest absolute Gasteiger partial charge is 0.364 e. The second kappa shape index (κ2) is 5.98. The van der Waals surface area contributed by atoms with Gasteiger partial charge in [-0.25, -0.2) is 0 Å². The fourth-order valence-electron chi connectivity index (χ4n) is 3.47. The van der Waals surface area contributed by atoms with Crippen molar-refractivity contribution in [1.82, 2.24) is 15.5 Å². The average Bonchev–Trinajstić information content (AvgIpc) is 3.11. The van der Waals surface area contributed by atoms with Gasteiger partial charge in [0.1, 0.15) is 12.2 Å². The monoisotopic (exact) mass is 322 g/mol. The van der Waals surface area contributed by atoms with Gasteiger partial charge in [-0.2, -0.15) is 0 Å². The minimum atomic E-state index is -0.455. The first kappa shape index (κ1) is 14.7. The van der Waals surface area contributed by atoms with Crippen LogP contribution in [0.15, 0.2) is 72.2 Å². The summed E-state index contributed by atoms with van der Waals surface area (Å²) in [6.07, 6.45) is -0.0925. The van der Waals surface area contributed by atoms with Crippen LogP contribution >= 0.6 is 0 Å². The summed E-state index contributed by atoms with van der Waals surface area (Å²) < 4.78 is 0. The van der Waals surface area contributed by atoms with Crippen molar-refractivity contribution in [1.29, 1.82) is 0 Å². The van der Waals surface area contributed by atoms with Gasteiger partial charge in [-0.3, -0.25) is 15.4 Å². The normalized spacial score (nSPS) is 22.9. The Hall–Kier alpha value is -2.86. The molecule has 4 rings (SSSR count). The van der Waals surface area contributed by atoms with E-state index in [-0.39, 0.29) is 16.8 Å². The minimum absolute atomic E-state index is 0.0925. The zero-order valence-electron chi connectivity index (χ0n) is 13.1. The lowest BCUT2D eigenvalue weighted by Crippen LogP contribution is -2.46. The van der Waals surface area contributed by atoms with Gasteiger partial charge in [-0.05, 0) is 11.1 Å². The van der Waals surface area contributed by atoms with E-state index in [9.17, 15) is 10.1 Å². The summed E-state index contributed by atoms with van der Waals surface area (Å²) >= 11 is 0. The van der Waals surface area contributed by atoms with E-state index in [2.05, 4.69) is 10.6 Å². The van der Waals surface area contributed by atoms with Crippen LogP contribution in [0.3, 0.4) is 0 Å². The van der Waals surface area contributed by atoms with Crippen LogP contribution < -0.4 is 10.6 Å². The zero-order chi connectivity index (χ0) is 16.5. The van der Waals surface area contributed by atoms with Crippen molar-refractivity contribution in [2.24, 2.45) is 0 Å². The molecule has 122 valence electrons. The highest BCUT2D eigenvalue weighted by Gasteiger charge is 2.44. The predicted molar refractivity (Wildman–Crippen MR) is 90.2 cm³/mol. The molecule has 0 saturated carbocycles. The smallest absolute Gasteiger partial charge is 0.307 e. The van der Waals surface area contributed by atoms with Crippen LogP contribution in [0.5, 0.6) is 0 Å². The lowest BCUT2D eigenvalue weighted by atomic mass is 9.99. The molecule has 6 nitrogen and oxygen atoms in total. The van der Waals surface area contributed by atoms with E-state index in [1.54, 1.807) is 0 Å². The Bertz CT molecular complexity index is 776. The Kier molecular flexibility index (Phi) is 3.66. The Morgan fingerprint density at radius 3 is 2.25 bits per heavy atom. The van der Waals surface area contributed by atoms with E-state index in [1.807, 2.05) is 65.6 Å². The fraction of sp³-hybridized carbons (Fsp3) is 0.222. The van der Waals surface area contributed by atoms with Gasteiger partial charge in [0.05, 0.1) is 4.92 Å². The molecule has 24 heavy (non-hydrogen) atoms. The molecule has 0 aromatic heterocycles. The number of nitrogens with zero attached hydrogens (tertiary/aromatic N) is 2. The number of fused-ring (bicyclic) bond motifs is 1. The van der Waals surface area contributed by atoms with Gasteiger partial charge < -0.3 is 10.2 Å². The molecule has 0 bridgehead atoms. The molecule has 2 heterocycles. The topological polar surface area (TPSA) is 70.4 Å². The molecular formula is C18H18N4O2. The second-order valence-corrected chi connectivity index (χ2v) is 5.93. The van der Waals surface area contributed by atoms with Crippen molar-refractivity contribution in [3.05, 3.63) is 93.4 Å². The van der Waals surface area contributed by atoms with E-state index in [0.29, 0.717) is 12.4 Å². The third kappa shape index (κ3) is 2.41. The Morgan fingerprint density at radius 2 is 1.62 bits per heavy atom. The first-order valence-electron chi connectivity index (χ1n) is 8.01. The van der Waals surface area contributed by atoms with Gasteiger partial charge in [0, 0.05) is 13.1 Å². The number of benzene rings is 2. The Morgan fingerprint density at radius 1 is 1.00 bits per heavy atom.